The van der Waals surface area contributed by atoms with Crippen LogP contribution in [0, 0.1) is 0 Å². The number of primary amides is 1. The molecule has 2 rings (SSSR count). The van der Waals surface area contributed by atoms with Crippen LogP contribution in [0.3, 0.4) is 0 Å². The van der Waals surface area contributed by atoms with Gasteiger partial charge in [-0.05, 0) is 29.8 Å². The zero-order valence-corrected chi connectivity index (χ0v) is 12.6. The minimum absolute atomic E-state index is 0.503. The minimum atomic E-state index is -0.876. The molecule has 0 fully saturated rings. The molecular weight excluding hydrogens is 334 g/mol. The average Bonchev–Trinajstić information content (AvgIpc) is 2.46. The van der Waals surface area contributed by atoms with Crippen LogP contribution in [0.2, 0.25) is 0 Å². The van der Waals surface area contributed by atoms with Gasteiger partial charge in [0.25, 0.3) is 5.91 Å². The first-order valence-electron chi connectivity index (χ1n) is 6.23. The van der Waals surface area contributed by atoms with Crippen LogP contribution in [0.25, 0.3) is 0 Å². The maximum atomic E-state index is 12.1. The average molecular weight is 348 g/mol. The van der Waals surface area contributed by atoms with E-state index in [4.69, 9.17) is 5.73 Å². The Balaban J connectivity index is 2.25. The van der Waals surface area contributed by atoms with Gasteiger partial charge >= 0.3 is 6.03 Å². The first-order valence-corrected chi connectivity index (χ1v) is 7.03. The lowest BCUT2D eigenvalue weighted by Gasteiger charge is -2.19. The number of benzene rings is 2. The normalized spacial score (nSPS) is 11.5. The molecule has 6 heteroatoms. The molecule has 0 aromatic heterocycles. The Morgan fingerprint density at radius 3 is 2.19 bits per heavy atom. The van der Waals surface area contributed by atoms with E-state index in [0.717, 1.165) is 15.7 Å². The first kappa shape index (κ1) is 15.1. The third-order valence-electron chi connectivity index (χ3n) is 2.80. The predicted octanol–water partition coefficient (Wildman–Crippen LogP) is 2.80. The quantitative estimate of drug-likeness (QED) is 0.794. The van der Waals surface area contributed by atoms with Crippen LogP contribution >= 0.6 is 15.9 Å². The van der Waals surface area contributed by atoms with Gasteiger partial charge in [-0.1, -0.05) is 46.3 Å². The largest absolute Gasteiger partial charge is 0.370 e. The predicted molar refractivity (Wildman–Crippen MR) is 84.7 cm³/mol. The molecule has 2 aromatic carbocycles. The number of urea groups is 1. The van der Waals surface area contributed by atoms with Crippen LogP contribution < -0.4 is 16.4 Å². The second-order valence-corrected chi connectivity index (χ2v) is 5.26. The lowest BCUT2D eigenvalue weighted by atomic mass is 10.1. The van der Waals surface area contributed by atoms with Gasteiger partial charge in [-0.2, -0.15) is 0 Å². The number of carbonyl (C=O) groups is 2. The highest BCUT2D eigenvalue weighted by molar-refractivity contribution is 9.10. The van der Waals surface area contributed by atoms with Crippen LogP contribution in [0.15, 0.2) is 59.1 Å². The summed E-state index contributed by atoms with van der Waals surface area (Å²) in [6, 6.07) is 14.9. The molecule has 5 nitrogen and oxygen atoms in total. The second-order valence-electron chi connectivity index (χ2n) is 4.35. The van der Waals surface area contributed by atoms with E-state index >= 15 is 0 Å². The number of nitrogens with one attached hydrogen (secondary N) is 2. The van der Waals surface area contributed by atoms with Crippen LogP contribution in [-0.4, -0.2) is 11.9 Å². The molecule has 2 aromatic rings. The number of hydrogen-bond acceptors (Lipinski definition) is 3. The lowest BCUT2D eigenvalue weighted by Crippen LogP contribution is -2.40. The molecule has 0 aliphatic heterocycles. The van der Waals surface area contributed by atoms with E-state index in [1.54, 1.807) is 12.1 Å². The van der Waals surface area contributed by atoms with Crippen LogP contribution in [0.4, 0.5) is 10.5 Å². The fourth-order valence-electron chi connectivity index (χ4n) is 1.85. The highest BCUT2D eigenvalue weighted by atomic mass is 79.9. The number of anilines is 1. The van der Waals surface area contributed by atoms with E-state index < -0.39 is 18.0 Å². The standard InChI is InChI=1S/C15H14BrN3O2/c16-11-6-8-12(9-7-11)18-13(14(20)19-15(17)21)10-4-2-1-3-5-10/h1-9,13,18H,(H3,17,19,20,21)/t13-/m0/s1. The molecule has 3 amide bonds. The number of hydrogen-bond donors (Lipinski definition) is 3. The van der Waals surface area contributed by atoms with E-state index in [1.807, 2.05) is 42.5 Å². The molecule has 4 N–H and O–H groups in total. The number of carbonyl (C=O) groups excluding carboxylic acids is 2. The maximum Gasteiger partial charge on any atom is 0.318 e. The third-order valence-corrected chi connectivity index (χ3v) is 3.33. The van der Waals surface area contributed by atoms with E-state index in [9.17, 15) is 9.59 Å². The number of rotatable bonds is 4. The van der Waals surface area contributed by atoms with Gasteiger partial charge in [0.05, 0.1) is 0 Å². The van der Waals surface area contributed by atoms with Crippen molar-refractivity contribution in [1.29, 1.82) is 0 Å². The molecule has 0 unspecified atom stereocenters. The molecule has 0 spiro atoms. The van der Waals surface area contributed by atoms with Crippen molar-refractivity contribution in [3.05, 3.63) is 64.6 Å². The highest BCUT2D eigenvalue weighted by Crippen LogP contribution is 2.21. The van der Waals surface area contributed by atoms with E-state index in [1.165, 1.54) is 0 Å². The lowest BCUT2D eigenvalue weighted by molar-refractivity contribution is -0.120. The van der Waals surface area contributed by atoms with Crippen molar-refractivity contribution in [2.45, 2.75) is 6.04 Å². The van der Waals surface area contributed by atoms with Gasteiger partial charge in [0.1, 0.15) is 6.04 Å². The highest BCUT2D eigenvalue weighted by Gasteiger charge is 2.21. The zero-order chi connectivity index (χ0) is 15.2. The van der Waals surface area contributed by atoms with E-state index in [-0.39, 0.29) is 0 Å². The van der Waals surface area contributed by atoms with Gasteiger partial charge in [0.2, 0.25) is 0 Å². The van der Waals surface area contributed by atoms with Crippen molar-refractivity contribution in [2.75, 3.05) is 5.32 Å². The van der Waals surface area contributed by atoms with Crippen molar-refractivity contribution in [1.82, 2.24) is 5.32 Å². The second kappa shape index (κ2) is 6.90. The molecule has 0 aliphatic carbocycles. The summed E-state index contributed by atoms with van der Waals surface area (Å²) in [5.41, 5.74) is 6.51. The molecule has 0 aliphatic rings. The summed E-state index contributed by atoms with van der Waals surface area (Å²) in [4.78, 5) is 23.0. The SMILES string of the molecule is NC(=O)NC(=O)[C@@H](Nc1ccc(Br)cc1)c1ccccc1. The summed E-state index contributed by atoms with van der Waals surface area (Å²) in [5, 5.41) is 5.19. The third kappa shape index (κ3) is 4.32. The van der Waals surface area contributed by atoms with Crippen LogP contribution in [0.1, 0.15) is 11.6 Å². The molecule has 0 saturated carbocycles. The minimum Gasteiger partial charge on any atom is -0.370 e. The number of imide groups is 1. The maximum absolute atomic E-state index is 12.1. The molecule has 0 radical (unpaired) electrons. The molecule has 108 valence electrons. The summed E-state index contributed by atoms with van der Waals surface area (Å²) >= 11 is 3.35. The van der Waals surface area contributed by atoms with Crippen molar-refractivity contribution in [3.63, 3.8) is 0 Å². The fourth-order valence-corrected chi connectivity index (χ4v) is 2.12. The Hall–Kier alpha value is -2.34. The zero-order valence-electron chi connectivity index (χ0n) is 11.0. The summed E-state index contributed by atoms with van der Waals surface area (Å²) in [5.74, 6) is -0.503. The van der Waals surface area contributed by atoms with Crippen LogP contribution in [-0.2, 0) is 4.79 Å². The molecule has 0 heterocycles. The molecule has 0 saturated heterocycles. The van der Waals surface area contributed by atoms with Crippen LogP contribution in [0.5, 0.6) is 0 Å². The number of amides is 3. The summed E-state index contributed by atoms with van der Waals surface area (Å²) in [6.45, 7) is 0. The van der Waals surface area contributed by atoms with Gasteiger partial charge in [0, 0.05) is 10.2 Å². The van der Waals surface area contributed by atoms with E-state index in [0.29, 0.717) is 0 Å². The topological polar surface area (TPSA) is 84.2 Å². The Morgan fingerprint density at radius 2 is 1.62 bits per heavy atom. The summed E-state index contributed by atoms with van der Waals surface area (Å²) < 4.78 is 0.936. The fraction of sp³-hybridized carbons (Fsp3) is 0.0667. The van der Waals surface area contributed by atoms with Gasteiger partial charge in [-0.15, -0.1) is 0 Å². The van der Waals surface area contributed by atoms with Crippen molar-refractivity contribution in [2.24, 2.45) is 5.73 Å². The van der Waals surface area contributed by atoms with Crippen molar-refractivity contribution >= 4 is 33.6 Å². The van der Waals surface area contributed by atoms with Crippen molar-refractivity contribution in [3.8, 4) is 0 Å². The van der Waals surface area contributed by atoms with Gasteiger partial charge in [-0.25, -0.2) is 4.79 Å². The summed E-state index contributed by atoms with van der Waals surface area (Å²) in [7, 11) is 0. The Bertz CT molecular complexity index is 629. The van der Waals surface area contributed by atoms with Gasteiger partial charge in [-0.3, -0.25) is 10.1 Å². The Labute approximate surface area is 130 Å². The molecule has 1 atom stereocenters. The Kier molecular flexibility index (Phi) is 4.94. The smallest absolute Gasteiger partial charge is 0.318 e. The first-order chi connectivity index (χ1) is 10.1. The van der Waals surface area contributed by atoms with Crippen molar-refractivity contribution < 1.29 is 9.59 Å². The van der Waals surface area contributed by atoms with Gasteiger partial charge in [0.15, 0.2) is 0 Å². The molecular formula is C15H14BrN3O2. The number of nitrogens with two attached hydrogens (primary N) is 1. The monoisotopic (exact) mass is 347 g/mol. The molecule has 0 bridgehead atoms. The van der Waals surface area contributed by atoms with E-state index in [2.05, 4.69) is 26.6 Å². The Morgan fingerprint density at radius 1 is 1.00 bits per heavy atom. The van der Waals surface area contributed by atoms with Gasteiger partial charge < -0.3 is 11.1 Å². The number of halogens is 1. The summed E-state index contributed by atoms with van der Waals surface area (Å²) in [6.07, 6.45) is 0. The molecule has 21 heavy (non-hydrogen) atoms.